The van der Waals surface area contributed by atoms with Crippen LogP contribution < -0.4 is 10.6 Å². The van der Waals surface area contributed by atoms with Gasteiger partial charge in [-0.2, -0.15) is 13.2 Å². The van der Waals surface area contributed by atoms with Crippen LogP contribution >= 0.6 is 0 Å². The topological polar surface area (TPSA) is 79.8 Å². The maximum Gasteiger partial charge on any atom is 0.390 e. The Bertz CT molecular complexity index is 1020. The number of benzene rings is 1. The van der Waals surface area contributed by atoms with E-state index in [0.29, 0.717) is 30.0 Å². The molecule has 0 saturated carbocycles. The molecule has 0 atom stereocenters. The molecule has 1 aromatic carbocycles. The van der Waals surface area contributed by atoms with Gasteiger partial charge in [-0.05, 0) is 36.6 Å². The number of nitrogens with zero attached hydrogens (tertiary/aromatic N) is 3. The number of carbonyl (C=O) groups is 1. The van der Waals surface area contributed by atoms with Gasteiger partial charge in [0.1, 0.15) is 5.82 Å². The molecule has 9 heteroatoms. The Balaban J connectivity index is 1.50. The van der Waals surface area contributed by atoms with Crippen LogP contribution in [-0.2, 0) is 13.0 Å². The van der Waals surface area contributed by atoms with Gasteiger partial charge < -0.3 is 10.6 Å². The molecule has 3 rings (SSSR count). The van der Waals surface area contributed by atoms with E-state index in [1.807, 2.05) is 31.2 Å². The fourth-order valence-electron chi connectivity index (χ4n) is 3.07. The van der Waals surface area contributed by atoms with Crippen molar-refractivity contribution in [3.8, 4) is 11.1 Å². The molecule has 168 valence electrons. The quantitative estimate of drug-likeness (QED) is 0.491. The number of halogens is 3. The minimum atomic E-state index is -4.18. The number of hydrogen-bond donors (Lipinski definition) is 2. The van der Waals surface area contributed by atoms with Gasteiger partial charge in [-0.25, -0.2) is 9.97 Å². The third-order valence-electron chi connectivity index (χ3n) is 4.77. The van der Waals surface area contributed by atoms with Gasteiger partial charge in [-0.3, -0.25) is 9.78 Å². The molecule has 0 aliphatic heterocycles. The number of rotatable bonds is 9. The molecule has 1 amide bonds. The molecule has 32 heavy (non-hydrogen) atoms. The highest BCUT2D eigenvalue weighted by Gasteiger charge is 2.25. The Kier molecular flexibility index (Phi) is 7.88. The zero-order valence-electron chi connectivity index (χ0n) is 17.6. The molecule has 0 fully saturated rings. The number of aryl methyl sites for hydroxylation is 1. The zero-order chi connectivity index (χ0) is 23.0. The second kappa shape index (κ2) is 10.8. The lowest BCUT2D eigenvalue weighted by molar-refractivity contribution is -0.133. The van der Waals surface area contributed by atoms with E-state index in [0.717, 1.165) is 16.7 Å². The van der Waals surface area contributed by atoms with Crippen LogP contribution in [0.3, 0.4) is 0 Å². The molecule has 0 aliphatic carbocycles. The first-order valence-corrected chi connectivity index (χ1v) is 10.2. The summed E-state index contributed by atoms with van der Waals surface area (Å²) in [4.78, 5) is 25.0. The van der Waals surface area contributed by atoms with Gasteiger partial charge in [0, 0.05) is 43.8 Å². The lowest BCUT2D eigenvalue weighted by Crippen LogP contribution is -2.26. The summed E-state index contributed by atoms with van der Waals surface area (Å²) in [5.74, 6) is 0.445. The lowest BCUT2D eigenvalue weighted by Gasteiger charge is -2.11. The third-order valence-corrected chi connectivity index (χ3v) is 4.77. The number of alkyl halides is 3. The van der Waals surface area contributed by atoms with Crippen molar-refractivity contribution in [1.29, 1.82) is 0 Å². The minimum absolute atomic E-state index is 0.177. The zero-order valence-corrected chi connectivity index (χ0v) is 17.6. The molecule has 0 aliphatic rings. The van der Waals surface area contributed by atoms with Crippen molar-refractivity contribution < 1.29 is 18.0 Å². The molecule has 0 bridgehead atoms. The number of hydrogen-bond acceptors (Lipinski definition) is 5. The summed E-state index contributed by atoms with van der Waals surface area (Å²) in [5.41, 5.74) is 3.97. The molecular weight excluding hydrogens is 419 g/mol. The van der Waals surface area contributed by atoms with E-state index in [1.165, 1.54) is 6.20 Å². The van der Waals surface area contributed by atoms with E-state index < -0.39 is 12.6 Å². The molecular formula is C23H24F3N5O. The first kappa shape index (κ1) is 23.3. The summed E-state index contributed by atoms with van der Waals surface area (Å²) < 4.78 is 36.5. The normalized spacial score (nSPS) is 11.4. The first-order valence-electron chi connectivity index (χ1n) is 10.2. The van der Waals surface area contributed by atoms with Gasteiger partial charge in [0.05, 0.1) is 17.7 Å². The van der Waals surface area contributed by atoms with Crippen molar-refractivity contribution >= 4 is 5.91 Å². The van der Waals surface area contributed by atoms with Crippen LogP contribution in [0.4, 0.5) is 13.2 Å². The van der Waals surface area contributed by atoms with Gasteiger partial charge in [-0.1, -0.05) is 24.3 Å². The summed E-state index contributed by atoms with van der Waals surface area (Å²) in [6, 6.07) is 11.1. The number of carbonyl (C=O) groups excluding carboxylic acids is 1. The molecule has 0 saturated heterocycles. The van der Waals surface area contributed by atoms with Crippen LogP contribution in [0.25, 0.3) is 11.1 Å². The SMILES string of the molecule is Cc1ncc(-c2ccccc2CCNC(=O)c2ccc(CNCCC(F)(F)F)nc2)cn1. The average Bonchev–Trinajstić information content (AvgIpc) is 2.77. The van der Waals surface area contributed by atoms with Crippen LogP contribution in [0.1, 0.15) is 33.9 Å². The van der Waals surface area contributed by atoms with Crippen molar-refractivity contribution in [2.75, 3.05) is 13.1 Å². The van der Waals surface area contributed by atoms with Gasteiger partial charge in [0.2, 0.25) is 0 Å². The van der Waals surface area contributed by atoms with Crippen molar-refractivity contribution in [2.24, 2.45) is 0 Å². The summed E-state index contributed by atoms with van der Waals surface area (Å²) in [6.45, 7) is 2.29. The van der Waals surface area contributed by atoms with Gasteiger partial charge in [0.25, 0.3) is 5.91 Å². The molecule has 0 unspecified atom stereocenters. The minimum Gasteiger partial charge on any atom is -0.352 e. The predicted octanol–water partition coefficient (Wildman–Crippen LogP) is 3.86. The van der Waals surface area contributed by atoms with Crippen LogP contribution in [0, 0.1) is 6.92 Å². The van der Waals surface area contributed by atoms with Crippen molar-refractivity contribution in [2.45, 2.75) is 32.5 Å². The van der Waals surface area contributed by atoms with Crippen molar-refractivity contribution in [3.05, 3.63) is 77.6 Å². The second-order valence-electron chi connectivity index (χ2n) is 7.26. The van der Waals surface area contributed by atoms with E-state index in [1.54, 1.807) is 24.5 Å². The fourth-order valence-corrected chi connectivity index (χ4v) is 3.07. The highest BCUT2D eigenvalue weighted by atomic mass is 19.4. The number of nitrogens with one attached hydrogen (secondary N) is 2. The van der Waals surface area contributed by atoms with Gasteiger partial charge in [-0.15, -0.1) is 0 Å². The number of aromatic nitrogens is 3. The molecule has 2 N–H and O–H groups in total. The fraction of sp³-hybridized carbons (Fsp3) is 0.304. The first-order chi connectivity index (χ1) is 15.3. The van der Waals surface area contributed by atoms with Crippen molar-refractivity contribution in [3.63, 3.8) is 0 Å². The second-order valence-corrected chi connectivity index (χ2v) is 7.26. The molecule has 2 heterocycles. The summed E-state index contributed by atoms with van der Waals surface area (Å²) in [7, 11) is 0. The Morgan fingerprint density at radius 1 is 0.969 bits per heavy atom. The largest absolute Gasteiger partial charge is 0.390 e. The standard InChI is InChI=1S/C23H24F3N5O/c1-16-29-13-19(14-30-16)21-5-3-2-4-17(21)8-10-28-22(32)18-6-7-20(31-12-18)15-27-11-9-23(24,25)26/h2-7,12-14,27H,8-11,15H2,1H3,(H,28,32). The maximum absolute atomic E-state index is 12.4. The van der Waals surface area contributed by atoms with Crippen LogP contribution in [-0.4, -0.2) is 40.1 Å². The summed E-state index contributed by atoms with van der Waals surface area (Å²) >= 11 is 0. The Labute approximate surface area is 184 Å². The van der Waals surface area contributed by atoms with Gasteiger partial charge >= 0.3 is 6.18 Å². The monoisotopic (exact) mass is 443 g/mol. The van der Waals surface area contributed by atoms with Gasteiger partial charge in [0.15, 0.2) is 0 Å². The molecule has 6 nitrogen and oxygen atoms in total. The van der Waals surface area contributed by atoms with Crippen LogP contribution in [0.5, 0.6) is 0 Å². The van der Waals surface area contributed by atoms with Crippen LogP contribution in [0.2, 0.25) is 0 Å². The Hall–Kier alpha value is -3.33. The summed E-state index contributed by atoms with van der Waals surface area (Å²) in [5, 5.41) is 5.56. The van der Waals surface area contributed by atoms with E-state index in [4.69, 9.17) is 0 Å². The predicted molar refractivity (Wildman–Crippen MR) is 115 cm³/mol. The molecule has 3 aromatic rings. The average molecular weight is 443 g/mol. The summed E-state index contributed by atoms with van der Waals surface area (Å²) in [6.07, 6.45) is 0.540. The van der Waals surface area contributed by atoms with E-state index in [-0.39, 0.29) is 19.0 Å². The molecule has 0 spiro atoms. The van der Waals surface area contributed by atoms with Crippen LogP contribution in [0.15, 0.2) is 55.0 Å². The smallest absolute Gasteiger partial charge is 0.352 e. The maximum atomic E-state index is 12.4. The highest BCUT2D eigenvalue weighted by molar-refractivity contribution is 5.93. The number of pyridine rings is 1. The lowest BCUT2D eigenvalue weighted by atomic mass is 10.00. The third kappa shape index (κ3) is 7.12. The molecule has 2 aromatic heterocycles. The highest BCUT2D eigenvalue weighted by Crippen LogP contribution is 2.22. The van der Waals surface area contributed by atoms with E-state index in [2.05, 4.69) is 25.6 Å². The van der Waals surface area contributed by atoms with E-state index in [9.17, 15) is 18.0 Å². The Morgan fingerprint density at radius 2 is 1.72 bits per heavy atom. The molecule has 0 radical (unpaired) electrons. The van der Waals surface area contributed by atoms with Crippen molar-refractivity contribution in [1.82, 2.24) is 25.6 Å². The van der Waals surface area contributed by atoms with E-state index >= 15 is 0 Å². The Morgan fingerprint density at radius 3 is 2.41 bits per heavy atom. The number of amides is 1.